The zero-order valence-corrected chi connectivity index (χ0v) is 28.1. The van der Waals surface area contributed by atoms with Crippen molar-refractivity contribution in [3.63, 3.8) is 0 Å². The second-order valence-corrected chi connectivity index (χ2v) is 13.6. The highest BCUT2D eigenvalue weighted by Gasteiger charge is 2.28. The minimum Gasteiger partial charge on any atom is -0.371 e. The minimum atomic E-state index is -0.596. The van der Waals surface area contributed by atoms with Gasteiger partial charge in [0.25, 0.3) is 5.91 Å². The summed E-state index contributed by atoms with van der Waals surface area (Å²) in [5.41, 5.74) is 12.7. The van der Waals surface area contributed by atoms with Gasteiger partial charge in [-0.15, -0.1) is 0 Å². The van der Waals surface area contributed by atoms with E-state index in [0.717, 1.165) is 50.2 Å². The Balaban J connectivity index is 1.15. The molecule has 2 unspecified atom stereocenters. The van der Waals surface area contributed by atoms with Gasteiger partial charge in [0.2, 0.25) is 0 Å². The van der Waals surface area contributed by atoms with Crippen LogP contribution in [0, 0.1) is 6.92 Å². The lowest BCUT2D eigenvalue weighted by Gasteiger charge is -2.43. The van der Waals surface area contributed by atoms with E-state index in [1.807, 2.05) is 11.9 Å². The average molecular weight is 629 g/mol. The summed E-state index contributed by atoms with van der Waals surface area (Å²) in [4.78, 5) is 29.8. The van der Waals surface area contributed by atoms with E-state index in [1.54, 1.807) is 0 Å². The van der Waals surface area contributed by atoms with Crippen molar-refractivity contribution in [3.05, 3.63) is 58.6 Å². The van der Waals surface area contributed by atoms with Gasteiger partial charge in [-0.05, 0) is 101 Å². The molecule has 4 aliphatic rings. The number of amides is 1. The first-order valence-corrected chi connectivity index (χ1v) is 17.1. The lowest BCUT2D eigenvalue weighted by atomic mass is 9.86. The van der Waals surface area contributed by atoms with Gasteiger partial charge < -0.3 is 31.2 Å². The maximum absolute atomic E-state index is 12.5. The monoisotopic (exact) mass is 628 g/mol. The molecule has 46 heavy (non-hydrogen) atoms. The largest absolute Gasteiger partial charge is 0.371 e. The van der Waals surface area contributed by atoms with Gasteiger partial charge in [0.15, 0.2) is 17.3 Å². The van der Waals surface area contributed by atoms with E-state index < -0.39 is 5.91 Å². The molecule has 1 aromatic heterocycles. The molecule has 2 saturated heterocycles. The summed E-state index contributed by atoms with van der Waals surface area (Å²) in [6.07, 6.45) is 11.2. The van der Waals surface area contributed by atoms with Gasteiger partial charge in [-0.1, -0.05) is 13.0 Å². The predicted octanol–water partition coefficient (Wildman–Crippen LogP) is 4.15. The van der Waals surface area contributed by atoms with E-state index >= 15 is 0 Å². The second kappa shape index (κ2) is 14.0. The Morgan fingerprint density at radius 3 is 2.48 bits per heavy atom. The molecule has 0 radical (unpaired) electrons. The number of primary amides is 1. The van der Waals surface area contributed by atoms with Crippen molar-refractivity contribution < 1.29 is 4.79 Å². The van der Waals surface area contributed by atoms with Crippen LogP contribution in [0.1, 0.15) is 74.1 Å². The molecular weight excluding hydrogens is 576 g/mol. The van der Waals surface area contributed by atoms with Crippen LogP contribution in [0.25, 0.3) is 0 Å². The highest BCUT2D eigenvalue weighted by atomic mass is 16.1. The molecule has 1 saturated carbocycles. The third kappa shape index (κ3) is 7.16. The van der Waals surface area contributed by atoms with Crippen LogP contribution in [-0.2, 0) is 6.42 Å². The molecule has 11 nitrogen and oxygen atoms in total. The van der Waals surface area contributed by atoms with E-state index in [4.69, 9.17) is 21.5 Å². The first kappa shape index (κ1) is 32.3. The fraction of sp³-hybridized carbons (Fsp3) is 0.571. The summed E-state index contributed by atoms with van der Waals surface area (Å²) in [5.74, 6) is 6.76. The summed E-state index contributed by atoms with van der Waals surface area (Å²) in [6.45, 7) is 13.1. The molecule has 2 atom stereocenters. The number of nitrogens with two attached hydrogens (primary N) is 2. The van der Waals surface area contributed by atoms with Gasteiger partial charge in [0.1, 0.15) is 0 Å². The number of anilines is 4. The zero-order chi connectivity index (χ0) is 32.4. The average Bonchev–Trinajstić information content (AvgIpc) is 3.18. The molecule has 248 valence electrons. The maximum Gasteiger partial charge on any atom is 0.271 e. The Morgan fingerprint density at radius 1 is 1.02 bits per heavy atom. The Morgan fingerprint density at radius 2 is 1.78 bits per heavy atom. The number of piperazine rings is 1. The first-order valence-electron chi connectivity index (χ1n) is 17.1. The quantitative estimate of drug-likeness (QED) is 0.316. The summed E-state index contributed by atoms with van der Waals surface area (Å²) in [6, 6.07) is 7.51. The molecule has 0 spiro atoms. The van der Waals surface area contributed by atoms with Crippen molar-refractivity contribution in [1.82, 2.24) is 24.8 Å². The van der Waals surface area contributed by atoms with Crippen LogP contribution in [0.3, 0.4) is 0 Å². The van der Waals surface area contributed by atoms with Crippen LogP contribution < -0.4 is 27.1 Å². The van der Waals surface area contributed by atoms with Crippen molar-refractivity contribution in [3.8, 4) is 0 Å². The number of likely N-dealkylation sites (N-methyl/N-ethyl adjacent to an activating group) is 1. The highest BCUT2D eigenvalue weighted by Crippen LogP contribution is 2.35. The van der Waals surface area contributed by atoms with E-state index in [-0.39, 0.29) is 17.8 Å². The van der Waals surface area contributed by atoms with E-state index in [1.165, 1.54) is 61.4 Å². The standard InChI is InChI=1S/C35H52N10O/c1-5-30-34(38-28-9-8-25-7-6-24(3)45(37)22-26(25)21-28)41-35(32(40-30)33(36)46)39-27-10-11-31(23(2)20-27)44-14-12-29(13-15-44)43-18-16-42(4)17-19-43/h7,10-11,20,22,24,28-29H,5-6,8-9,12-19,21,37H2,1-4H3,(H2,36,46)(H2,38,39,41). The van der Waals surface area contributed by atoms with Gasteiger partial charge >= 0.3 is 0 Å². The number of piperidine rings is 1. The number of carbonyl (C=O) groups is 1. The number of rotatable bonds is 8. The number of hydrazine groups is 1. The smallest absolute Gasteiger partial charge is 0.271 e. The zero-order valence-electron chi connectivity index (χ0n) is 28.1. The fourth-order valence-electron chi connectivity index (χ4n) is 7.39. The molecule has 1 aliphatic carbocycles. The summed E-state index contributed by atoms with van der Waals surface area (Å²) < 4.78 is 0. The second-order valence-electron chi connectivity index (χ2n) is 13.6. The molecule has 3 fully saturated rings. The fourth-order valence-corrected chi connectivity index (χ4v) is 7.39. The SMILES string of the molecule is CCc1nc(C(N)=O)c(Nc2ccc(N3CCC(N4CCN(C)CC4)CC3)c(C)c2)nc1NC1CCC2=CCC(C)N(N)C=C2C1. The molecule has 0 bridgehead atoms. The molecular formula is C35H52N10O. The van der Waals surface area contributed by atoms with Gasteiger partial charge in [-0.2, -0.15) is 0 Å². The molecule has 6 rings (SSSR count). The third-order valence-electron chi connectivity index (χ3n) is 10.4. The van der Waals surface area contributed by atoms with Crippen LogP contribution in [-0.4, -0.2) is 95.1 Å². The molecule has 2 aromatic rings. The van der Waals surface area contributed by atoms with Crippen LogP contribution in [0.5, 0.6) is 0 Å². The van der Waals surface area contributed by atoms with Gasteiger partial charge in [-0.25, -0.2) is 15.8 Å². The highest BCUT2D eigenvalue weighted by molar-refractivity contribution is 5.96. The number of aryl methyl sites for hydroxylation is 2. The topological polar surface area (TPSA) is 132 Å². The number of benzene rings is 1. The number of hydrogen-bond donors (Lipinski definition) is 4. The number of carbonyl (C=O) groups excluding carboxylic acids is 1. The Bertz CT molecular complexity index is 1470. The number of aromatic nitrogens is 2. The Labute approximate surface area is 274 Å². The van der Waals surface area contributed by atoms with Crippen LogP contribution in [0.4, 0.5) is 23.0 Å². The predicted molar refractivity (Wildman–Crippen MR) is 186 cm³/mol. The van der Waals surface area contributed by atoms with Gasteiger partial charge in [-0.3, -0.25) is 9.69 Å². The van der Waals surface area contributed by atoms with Crippen molar-refractivity contribution in [1.29, 1.82) is 0 Å². The number of allylic oxidation sites excluding steroid dienone is 1. The van der Waals surface area contributed by atoms with Gasteiger partial charge in [0, 0.05) is 75.0 Å². The van der Waals surface area contributed by atoms with E-state index in [9.17, 15) is 4.79 Å². The van der Waals surface area contributed by atoms with Crippen molar-refractivity contribution in [2.75, 3.05) is 61.8 Å². The number of nitrogens with zero attached hydrogens (tertiary/aromatic N) is 6. The number of nitrogens with one attached hydrogen (secondary N) is 2. The van der Waals surface area contributed by atoms with E-state index in [0.29, 0.717) is 24.1 Å². The molecule has 1 aromatic carbocycles. The number of hydrogen-bond acceptors (Lipinski definition) is 10. The lowest BCUT2D eigenvalue weighted by molar-refractivity contribution is 0.0982. The van der Waals surface area contributed by atoms with Crippen LogP contribution in [0.2, 0.25) is 0 Å². The minimum absolute atomic E-state index is 0.156. The molecule has 3 aliphatic heterocycles. The van der Waals surface area contributed by atoms with Gasteiger partial charge in [0.05, 0.1) is 5.69 Å². The summed E-state index contributed by atoms with van der Waals surface area (Å²) in [7, 11) is 2.22. The first-order chi connectivity index (χ1) is 22.2. The normalized spacial score (nSPS) is 23.3. The third-order valence-corrected chi connectivity index (χ3v) is 10.4. The van der Waals surface area contributed by atoms with Crippen LogP contribution in [0.15, 0.2) is 41.6 Å². The lowest BCUT2D eigenvalue weighted by Crippen LogP contribution is -2.52. The Hall–Kier alpha value is -3.67. The summed E-state index contributed by atoms with van der Waals surface area (Å²) in [5, 5.41) is 8.87. The molecule has 4 heterocycles. The van der Waals surface area contributed by atoms with Crippen molar-refractivity contribution in [2.24, 2.45) is 11.6 Å². The van der Waals surface area contributed by atoms with E-state index in [2.05, 4.69) is 76.7 Å². The van der Waals surface area contributed by atoms with Crippen LogP contribution >= 0.6 is 0 Å². The maximum atomic E-state index is 12.5. The van der Waals surface area contributed by atoms with Crippen molar-refractivity contribution in [2.45, 2.75) is 83.8 Å². The Kier molecular flexibility index (Phi) is 9.81. The molecule has 6 N–H and O–H groups in total. The number of fused-ring (bicyclic) bond motifs is 1. The molecule has 1 amide bonds. The summed E-state index contributed by atoms with van der Waals surface area (Å²) >= 11 is 0. The van der Waals surface area contributed by atoms with Crippen molar-refractivity contribution >= 4 is 28.9 Å². The molecule has 11 heteroatoms.